The van der Waals surface area contributed by atoms with E-state index in [-0.39, 0.29) is 6.61 Å². The Bertz CT molecular complexity index is 353. The van der Waals surface area contributed by atoms with E-state index in [4.69, 9.17) is 15.1 Å². The molecule has 1 aromatic rings. The summed E-state index contributed by atoms with van der Waals surface area (Å²) in [6.07, 6.45) is 0. The summed E-state index contributed by atoms with van der Waals surface area (Å²) < 4.78 is 5.02. The second-order valence-electron chi connectivity index (χ2n) is 2.75. The predicted molar refractivity (Wildman–Crippen MR) is 48.4 cm³/mol. The van der Waals surface area contributed by atoms with Crippen molar-refractivity contribution in [3.63, 3.8) is 0 Å². The van der Waals surface area contributed by atoms with Gasteiger partial charge in [0.1, 0.15) is 5.75 Å². The van der Waals surface area contributed by atoms with Gasteiger partial charge in [0.25, 0.3) is 0 Å². The number of methoxy groups -OCH3 is 1. The molecule has 1 N–H and O–H groups in total. The highest BCUT2D eigenvalue weighted by atomic mass is 16.5. The molecule has 0 saturated carbocycles. The summed E-state index contributed by atoms with van der Waals surface area (Å²) >= 11 is 0. The maximum atomic E-state index is 8.97. The van der Waals surface area contributed by atoms with Crippen molar-refractivity contribution in [3.8, 4) is 11.8 Å². The molecule has 0 amide bonds. The van der Waals surface area contributed by atoms with E-state index < -0.39 is 0 Å². The van der Waals surface area contributed by atoms with Crippen LogP contribution in [0, 0.1) is 18.3 Å². The molecular formula is C10H11NO2. The van der Waals surface area contributed by atoms with Gasteiger partial charge in [0.05, 0.1) is 25.3 Å². The minimum absolute atomic E-state index is 0.0737. The minimum Gasteiger partial charge on any atom is -0.496 e. The second-order valence-corrected chi connectivity index (χ2v) is 2.75. The van der Waals surface area contributed by atoms with E-state index in [1.807, 2.05) is 6.92 Å². The van der Waals surface area contributed by atoms with Gasteiger partial charge in [0.15, 0.2) is 0 Å². The number of benzene rings is 1. The lowest BCUT2D eigenvalue weighted by Crippen LogP contribution is -1.94. The van der Waals surface area contributed by atoms with E-state index in [9.17, 15) is 0 Å². The SMILES string of the molecule is COc1cc(C#N)c(C)cc1CO. The molecule has 0 aliphatic heterocycles. The maximum absolute atomic E-state index is 8.97. The van der Waals surface area contributed by atoms with Crippen molar-refractivity contribution in [3.05, 3.63) is 28.8 Å². The van der Waals surface area contributed by atoms with Crippen molar-refractivity contribution >= 4 is 0 Å². The van der Waals surface area contributed by atoms with Crippen LogP contribution in [-0.4, -0.2) is 12.2 Å². The molecule has 3 nitrogen and oxygen atoms in total. The molecule has 0 radical (unpaired) electrons. The molecule has 0 saturated heterocycles. The number of hydrogen-bond donors (Lipinski definition) is 1. The summed E-state index contributed by atoms with van der Waals surface area (Å²) in [6.45, 7) is 1.76. The van der Waals surface area contributed by atoms with E-state index >= 15 is 0 Å². The number of hydrogen-bond acceptors (Lipinski definition) is 3. The van der Waals surface area contributed by atoms with Crippen molar-refractivity contribution < 1.29 is 9.84 Å². The number of nitriles is 1. The van der Waals surface area contributed by atoms with Gasteiger partial charge in [-0.1, -0.05) is 0 Å². The van der Waals surface area contributed by atoms with Gasteiger partial charge in [-0.05, 0) is 24.6 Å². The average Bonchev–Trinajstić information content (AvgIpc) is 2.17. The third-order valence-corrected chi connectivity index (χ3v) is 1.92. The molecule has 0 spiro atoms. The molecule has 1 rings (SSSR count). The van der Waals surface area contributed by atoms with Gasteiger partial charge >= 0.3 is 0 Å². The zero-order chi connectivity index (χ0) is 9.84. The number of aliphatic hydroxyl groups excluding tert-OH is 1. The minimum atomic E-state index is -0.0737. The van der Waals surface area contributed by atoms with Crippen LogP contribution in [0.5, 0.6) is 5.75 Å². The molecule has 3 heteroatoms. The molecule has 0 aliphatic carbocycles. The lowest BCUT2D eigenvalue weighted by atomic mass is 10.1. The highest BCUT2D eigenvalue weighted by molar-refractivity contribution is 5.47. The van der Waals surface area contributed by atoms with E-state index in [0.717, 1.165) is 5.56 Å². The van der Waals surface area contributed by atoms with Gasteiger partial charge in [-0.2, -0.15) is 5.26 Å². The van der Waals surface area contributed by atoms with Gasteiger partial charge < -0.3 is 9.84 Å². The molecule has 0 aliphatic rings. The summed E-state index contributed by atoms with van der Waals surface area (Å²) in [5.74, 6) is 0.560. The van der Waals surface area contributed by atoms with Crippen LogP contribution in [0.2, 0.25) is 0 Å². The molecular weight excluding hydrogens is 166 g/mol. The fraction of sp³-hybridized carbons (Fsp3) is 0.300. The van der Waals surface area contributed by atoms with E-state index in [1.54, 1.807) is 12.1 Å². The van der Waals surface area contributed by atoms with Crippen molar-refractivity contribution in [2.45, 2.75) is 13.5 Å². The third kappa shape index (κ3) is 1.79. The van der Waals surface area contributed by atoms with Gasteiger partial charge in [0, 0.05) is 5.56 Å². The molecule has 1 aromatic carbocycles. The largest absolute Gasteiger partial charge is 0.496 e. The number of nitrogens with zero attached hydrogens (tertiary/aromatic N) is 1. The van der Waals surface area contributed by atoms with Crippen LogP contribution >= 0.6 is 0 Å². The Morgan fingerprint density at radius 3 is 2.69 bits per heavy atom. The molecule has 68 valence electrons. The zero-order valence-electron chi connectivity index (χ0n) is 7.66. The monoisotopic (exact) mass is 177 g/mol. The van der Waals surface area contributed by atoms with Crippen LogP contribution < -0.4 is 4.74 Å². The quantitative estimate of drug-likeness (QED) is 0.742. The summed E-state index contributed by atoms with van der Waals surface area (Å²) in [7, 11) is 1.52. The van der Waals surface area contributed by atoms with Crippen LogP contribution in [0.3, 0.4) is 0 Å². The van der Waals surface area contributed by atoms with E-state index in [2.05, 4.69) is 6.07 Å². The first-order chi connectivity index (χ1) is 6.22. The summed E-state index contributed by atoms with van der Waals surface area (Å²) in [5, 5.41) is 17.7. The fourth-order valence-corrected chi connectivity index (χ4v) is 1.18. The molecule has 0 atom stereocenters. The molecule has 0 fully saturated rings. The Kier molecular flexibility index (Phi) is 2.88. The summed E-state index contributed by atoms with van der Waals surface area (Å²) in [5.41, 5.74) is 2.14. The lowest BCUT2D eigenvalue weighted by molar-refractivity contribution is 0.273. The first-order valence-electron chi connectivity index (χ1n) is 3.91. The van der Waals surface area contributed by atoms with Crippen molar-refractivity contribution in [2.75, 3.05) is 7.11 Å². The molecule has 0 heterocycles. The topological polar surface area (TPSA) is 53.2 Å². The van der Waals surface area contributed by atoms with Crippen molar-refractivity contribution in [2.24, 2.45) is 0 Å². The maximum Gasteiger partial charge on any atom is 0.125 e. The fourth-order valence-electron chi connectivity index (χ4n) is 1.18. The van der Waals surface area contributed by atoms with Crippen molar-refractivity contribution in [1.29, 1.82) is 5.26 Å². The highest BCUT2D eigenvalue weighted by Crippen LogP contribution is 2.22. The molecule has 0 bridgehead atoms. The van der Waals surface area contributed by atoms with E-state index in [1.165, 1.54) is 7.11 Å². The number of ether oxygens (including phenoxy) is 1. The molecule has 0 unspecified atom stereocenters. The number of aryl methyl sites for hydroxylation is 1. The average molecular weight is 177 g/mol. The Hall–Kier alpha value is -1.53. The van der Waals surface area contributed by atoms with Crippen LogP contribution in [-0.2, 0) is 6.61 Å². The Labute approximate surface area is 77.2 Å². The van der Waals surface area contributed by atoms with E-state index in [0.29, 0.717) is 16.9 Å². The number of aliphatic hydroxyl groups is 1. The van der Waals surface area contributed by atoms with Crippen LogP contribution in [0.4, 0.5) is 0 Å². The second kappa shape index (κ2) is 3.92. The Morgan fingerprint density at radius 1 is 1.54 bits per heavy atom. The first-order valence-corrected chi connectivity index (χ1v) is 3.91. The lowest BCUT2D eigenvalue weighted by Gasteiger charge is -2.07. The summed E-state index contributed by atoms with van der Waals surface area (Å²) in [4.78, 5) is 0. The first kappa shape index (κ1) is 9.56. The normalized spacial score (nSPS) is 9.38. The van der Waals surface area contributed by atoms with Crippen LogP contribution in [0.15, 0.2) is 12.1 Å². The number of rotatable bonds is 2. The van der Waals surface area contributed by atoms with Gasteiger partial charge in [-0.15, -0.1) is 0 Å². The standard InChI is InChI=1S/C10H11NO2/c1-7-3-9(6-12)10(13-2)4-8(7)5-11/h3-4,12H,6H2,1-2H3. The van der Waals surface area contributed by atoms with Crippen LogP contribution in [0.25, 0.3) is 0 Å². The predicted octanol–water partition coefficient (Wildman–Crippen LogP) is 1.37. The summed E-state index contributed by atoms with van der Waals surface area (Å²) in [6, 6.07) is 5.46. The Morgan fingerprint density at radius 2 is 2.23 bits per heavy atom. The zero-order valence-corrected chi connectivity index (χ0v) is 7.66. The van der Waals surface area contributed by atoms with Gasteiger partial charge in [-0.25, -0.2) is 0 Å². The molecule has 0 aromatic heterocycles. The van der Waals surface area contributed by atoms with Gasteiger partial charge in [-0.3, -0.25) is 0 Å². The molecule has 13 heavy (non-hydrogen) atoms. The van der Waals surface area contributed by atoms with Gasteiger partial charge in [0.2, 0.25) is 0 Å². The third-order valence-electron chi connectivity index (χ3n) is 1.92. The highest BCUT2D eigenvalue weighted by Gasteiger charge is 2.06. The smallest absolute Gasteiger partial charge is 0.125 e. The Balaban J connectivity index is 3.28. The van der Waals surface area contributed by atoms with Crippen LogP contribution in [0.1, 0.15) is 16.7 Å². The van der Waals surface area contributed by atoms with Crippen molar-refractivity contribution in [1.82, 2.24) is 0 Å².